The molecule has 7 heteroatoms. The van der Waals surface area contributed by atoms with Crippen molar-refractivity contribution in [2.24, 2.45) is 0 Å². The molecule has 0 aliphatic rings. The number of β-amino-alcohol motifs (C(OH)–C–C–N with tert-alkyl or cyclic N) is 1. The van der Waals surface area contributed by atoms with Crippen molar-refractivity contribution in [3.8, 4) is 5.75 Å². The summed E-state index contributed by atoms with van der Waals surface area (Å²) in [5.74, 6) is -0.0449. The van der Waals surface area contributed by atoms with Crippen LogP contribution < -0.4 is 10.6 Å². The minimum Gasteiger partial charge on any atom is -0.508 e. The van der Waals surface area contributed by atoms with Crippen molar-refractivity contribution in [2.75, 3.05) is 6.54 Å². The number of amides is 1. The third-order valence-electron chi connectivity index (χ3n) is 5.63. The molecule has 0 saturated carbocycles. The maximum Gasteiger partial charge on any atom is 0.224 e. The summed E-state index contributed by atoms with van der Waals surface area (Å²) in [6, 6.07) is 18.3. The molecule has 5 N–H and O–H groups in total. The maximum atomic E-state index is 12.4. The van der Waals surface area contributed by atoms with Gasteiger partial charge in [0.1, 0.15) is 5.75 Å². The Labute approximate surface area is 200 Å². The van der Waals surface area contributed by atoms with Gasteiger partial charge in [-0.25, -0.2) is 0 Å². The first-order chi connectivity index (χ1) is 16.3. The summed E-state index contributed by atoms with van der Waals surface area (Å²) in [4.78, 5) is 16.6. The molecule has 1 heterocycles. The second-order valence-electron chi connectivity index (χ2n) is 9.10. The van der Waals surface area contributed by atoms with Gasteiger partial charge < -0.3 is 26.0 Å². The molecule has 3 aromatic rings. The van der Waals surface area contributed by atoms with Crippen LogP contribution in [-0.2, 0) is 30.8 Å². The van der Waals surface area contributed by atoms with Crippen molar-refractivity contribution in [3.05, 3.63) is 94.8 Å². The summed E-state index contributed by atoms with van der Waals surface area (Å²) < 4.78 is 0. The van der Waals surface area contributed by atoms with Crippen LogP contribution in [0.3, 0.4) is 0 Å². The van der Waals surface area contributed by atoms with Gasteiger partial charge >= 0.3 is 0 Å². The van der Waals surface area contributed by atoms with E-state index in [0.29, 0.717) is 37.1 Å². The van der Waals surface area contributed by atoms with Crippen molar-refractivity contribution in [1.29, 1.82) is 0 Å². The number of carbonyl (C=O) groups excluding carboxylic acids is 1. The first kappa shape index (κ1) is 25.4. The number of aliphatic hydroxyl groups is 2. The highest BCUT2D eigenvalue weighted by Crippen LogP contribution is 2.23. The second-order valence-corrected chi connectivity index (χ2v) is 9.10. The fourth-order valence-corrected chi connectivity index (χ4v) is 3.79. The van der Waals surface area contributed by atoms with Gasteiger partial charge in [0.15, 0.2) is 0 Å². The van der Waals surface area contributed by atoms with Crippen molar-refractivity contribution < 1.29 is 20.1 Å². The van der Waals surface area contributed by atoms with Crippen molar-refractivity contribution in [2.45, 2.75) is 51.5 Å². The molecule has 0 unspecified atom stereocenters. The molecule has 2 aromatic carbocycles. The Hall–Kier alpha value is -3.26. The lowest BCUT2D eigenvalue weighted by atomic mass is 9.93. The van der Waals surface area contributed by atoms with E-state index in [0.717, 1.165) is 16.8 Å². The molecule has 0 bridgehead atoms. The summed E-state index contributed by atoms with van der Waals surface area (Å²) in [5.41, 5.74) is 3.55. The quantitative estimate of drug-likeness (QED) is 0.299. The standard InChI is InChI=1S/C27H33N3O4/c1-27(2,30-17-25(33)21-9-10-24(32)22(14-21)18-31)15-20-7-5-6-19(12-20)13-26(34)29-16-23-8-3-4-11-28-23/h3-12,14,25,30-33H,13,15-18H2,1-2H3,(H,29,34)/t25-/m1/s1. The Morgan fingerprint density at radius 3 is 2.59 bits per heavy atom. The fraction of sp³-hybridized carbons (Fsp3) is 0.333. The zero-order chi connectivity index (χ0) is 24.6. The lowest BCUT2D eigenvalue weighted by Crippen LogP contribution is -2.43. The van der Waals surface area contributed by atoms with Gasteiger partial charge in [0.05, 0.1) is 31.4 Å². The van der Waals surface area contributed by atoms with Crippen LogP contribution in [-0.4, -0.2) is 38.3 Å². The molecule has 0 aliphatic carbocycles. The van der Waals surface area contributed by atoms with Gasteiger partial charge in [-0.1, -0.05) is 36.4 Å². The number of aromatic hydroxyl groups is 1. The zero-order valence-corrected chi connectivity index (χ0v) is 19.7. The molecule has 34 heavy (non-hydrogen) atoms. The second kappa shape index (κ2) is 11.7. The van der Waals surface area contributed by atoms with Gasteiger partial charge in [-0.05, 0) is 61.2 Å². The number of carbonyl (C=O) groups is 1. The molecule has 3 rings (SSSR count). The Balaban J connectivity index is 1.53. The van der Waals surface area contributed by atoms with Crippen molar-refractivity contribution in [3.63, 3.8) is 0 Å². The zero-order valence-electron chi connectivity index (χ0n) is 19.7. The van der Waals surface area contributed by atoms with E-state index in [1.165, 1.54) is 6.07 Å². The average Bonchev–Trinajstić information content (AvgIpc) is 2.82. The van der Waals surface area contributed by atoms with Gasteiger partial charge in [0.2, 0.25) is 5.91 Å². The van der Waals surface area contributed by atoms with E-state index in [9.17, 15) is 20.1 Å². The first-order valence-electron chi connectivity index (χ1n) is 11.4. The molecular formula is C27H33N3O4. The first-order valence-corrected chi connectivity index (χ1v) is 11.4. The molecule has 0 radical (unpaired) electrons. The van der Waals surface area contributed by atoms with Gasteiger partial charge in [0, 0.05) is 23.8 Å². The van der Waals surface area contributed by atoms with E-state index < -0.39 is 6.10 Å². The number of hydrogen-bond acceptors (Lipinski definition) is 6. The van der Waals surface area contributed by atoms with Crippen LogP contribution in [0, 0.1) is 0 Å². The molecular weight excluding hydrogens is 430 g/mol. The number of benzene rings is 2. The third kappa shape index (κ3) is 7.66. The molecule has 0 fully saturated rings. The highest BCUT2D eigenvalue weighted by Gasteiger charge is 2.20. The lowest BCUT2D eigenvalue weighted by molar-refractivity contribution is -0.120. The van der Waals surface area contributed by atoms with Crippen molar-refractivity contribution >= 4 is 5.91 Å². The van der Waals surface area contributed by atoms with Crippen LogP contribution in [0.15, 0.2) is 66.9 Å². The number of rotatable bonds is 11. The molecule has 0 aliphatic heterocycles. The number of hydrogen-bond donors (Lipinski definition) is 5. The largest absolute Gasteiger partial charge is 0.508 e. The number of aromatic nitrogens is 1. The van der Waals surface area contributed by atoms with Crippen LogP contribution >= 0.6 is 0 Å². The van der Waals surface area contributed by atoms with Crippen molar-refractivity contribution in [1.82, 2.24) is 15.6 Å². The molecule has 0 saturated heterocycles. The molecule has 0 spiro atoms. The minimum absolute atomic E-state index is 0.0111. The highest BCUT2D eigenvalue weighted by atomic mass is 16.3. The van der Waals surface area contributed by atoms with E-state index >= 15 is 0 Å². The number of pyridine rings is 1. The monoisotopic (exact) mass is 463 g/mol. The Bertz CT molecular complexity index is 1090. The predicted octanol–water partition coefficient (Wildman–Crippen LogP) is 2.78. The number of aliphatic hydroxyl groups excluding tert-OH is 2. The van der Waals surface area contributed by atoms with E-state index in [2.05, 4.69) is 29.5 Å². The van der Waals surface area contributed by atoms with E-state index in [1.807, 2.05) is 42.5 Å². The van der Waals surface area contributed by atoms with Gasteiger partial charge in [-0.2, -0.15) is 0 Å². The highest BCUT2D eigenvalue weighted by molar-refractivity contribution is 5.78. The number of phenols is 1. The summed E-state index contributed by atoms with van der Waals surface area (Å²) in [7, 11) is 0. The fourth-order valence-electron chi connectivity index (χ4n) is 3.79. The Morgan fingerprint density at radius 1 is 1.06 bits per heavy atom. The van der Waals surface area contributed by atoms with Crippen LogP contribution in [0.2, 0.25) is 0 Å². The summed E-state index contributed by atoms with van der Waals surface area (Å²) in [6.07, 6.45) is 1.93. The summed E-state index contributed by atoms with van der Waals surface area (Å²) >= 11 is 0. The summed E-state index contributed by atoms with van der Waals surface area (Å²) in [6.45, 7) is 4.55. The third-order valence-corrected chi connectivity index (χ3v) is 5.63. The predicted molar refractivity (Wildman–Crippen MR) is 131 cm³/mol. The number of nitrogens with zero attached hydrogens (tertiary/aromatic N) is 1. The van der Waals surface area contributed by atoms with Gasteiger partial charge in [-0.3, -0.25) is 9.78 Å². The van der Waals surface area contributed by atoms with E-state index in [1.54, 1.807) is 18.3 Å². The molecule has 7 nitrogen and oxygen atoms in total. The normalized spacial score (nSPS) is 12.4. The lowest BCUT2D eigenvalue weighted by Gasteiger charge is -2.28. The van der Waals surface area contributed by atoms with Crippen LogP contribution in [0.25, 0.3) is 0 Å². The van der Waals surface area contributed by atoms with Gasteiger partial charge in [0.25, 0.3) is 0 Å². The Kier molecular flexibility index (Phi) is 8.76. The smallest absolute Gasteiger partial charge is 0.224 e. The SMILES string of the molecule is CC(C)(Cc1cccc(CC(=O)NCc2ccccn2)c1)NC[C@@H](O)c1ccc(O)c(CO)c1. The van der Waals surface area contributed by atoms with E-state index in [-0.39, 0.29) is 23.8 Å². The number of nitrogens with one attached hydrogen (secondary N) is 2. The topological polar surface area (TPSA) is 115 Å². The van der Waals surface area contributed by atoms with Gasteiger partial charge in [-0.15, -0.1) is 0 Å². The minimum atomic E-state index is -0.778. The Morgan fingerprint density at radius 2 is 1.85 bits per heavy atom. The molecule has 1 atom stereocenters. The van der Waals surface area contributed by atoms with Crippen LogP contribution in [0.4, 0.5) is 0 Å². The molecule has 180 valence electrons. The average molecular weight is 464 g/mol. The van der Waals surface area contributed by atoms with Crippen LogP contribution in [0.5, 0.6) is 5.75 Å². The maximum absolute atomic E-state index is 12.4. The van der Waals surface area contributed by atoms with Crippen LogP contribution in [0.1, 0.15) is 47.9 Å². The van der Waals surface area contributed by atoms with E-state index in [4.69, 9.17) is 0 Å². The molecule has 1 amide bonds. The summed E-state index contributed by atoms with van der Waals surface area (Å²) in [5, 5.41) is 35.9. The molecule has 1 aromatic heterocycles.